The first-order chi connectivity index (χ1) is 9.58. The highest BCUT2D eigenvalue weighted by Crippen LogP contribution is 2.10. The van der Waals surface area contributed by atoms with E-state index in [9.17, 15) is 4.79 Å². The molecule has 0 aliphatic carbocycles. The van der Waals surface area contributed by atoms with E-state index in [0.29, 0.717) is 6.04 Å². The van der Waals surface area contributed by atoms with Crippen molar-refractivity contribution in [2.75, 3.05) is 19.6 Å². The van der Waals surface area contributed by atoms with E-state index in [-0.39, 0.29) is 17.9 Å². The second-order valence-electron chi connectivity index (χ2n) is 5.89. The molecule has 1 saturated heterocycles. The number of hydrogen-bond donors (Lipinski definition) is 2. The third-order valence-electron chi connectivity index (χ3n) is 3.90. The molecule has 0 saturated carbocycles. The lowest BCUT2D eigenvalue weighted by atomic mass is 10.0. The molecule has 1 aliphatic heterocycles. The van der Waals surface area contributed by atoms with Crippen LogP contribution in [0, 0.1) is 5.92 Å². The average Bonchev–Trinajstić information content (AvgIpc) is 2.47. The summed E-state index contributed by atoms with van der Waals surface area (Å²) in [6.07, 6.45) is 0.946. The zero-order valence-corrected chi connectivity index (χ0v) is 12.4. The van der Waals surface area contributed by atoms with Gasteiger partial charge in [-0.1, -0.05) is 44.2 Å². The fraction of sp³-hybridized carbons (Fsp3) is 0.562. The van der Waals surface area contributed by atoms with Gasteiger partial charge in [-0.3, -0.25) is 4.79 Å². The number of rotatable bonds is 4. The van der Waals surface area contributed by atoms with Gasteiger partial charge in [0.2, 0.25) is 5.91 Å². The van der Waals surface area contributed by atoms with Crippen LogP contribution in [0.2, 0.25) is 0 Å². The van der Waals surface area contributed by atoms with Crippen LogP contribution in [0.5, 0.6) is 0 Å². The summed E-state index contributed by atoms with van der Waals surface area (Å²) in [6, 6.07) is 10.3. The number of nitrogens with zero attached hydrogens (tertiary/aromatic N) is 1. The van der Waals surface area contributed by atoms with Crippen molar-refractivity contribution < 1.29 is 4.79 Å². The third-order valence-corrected chi connectivity index (χ3v) is 3.90. The highest BCUT2D eigenvalue weighted by atomic mass is 16.2. The summed E-state index contributed by atoms with van der Waals surface area (Å²) in [5.74, 6) is 0.268. The molecule has 2 rings (SSSR count). The monoisotopic (exact) mass is 275 g/mol. The number of amides is 1. The lowest BCUT2D eigenvalue weighted by Crippen LogP contribution is -2.57. The maximum atomic E-state index is 12.3. The van der Waals surface area contributed by atoms with Gasteiger partial charge in [0, 0.05) is 25.7 Å². The Hall–Kier alpha value is -1.39. The lowest BCUT2D eigenvalue weighted by Gasteiger charge is -2.35. The van der Waals surface area contributed by atoms with Crippen LogP contribution >= 0.6 is 0 Å². The molecule has 0 radical (unpaired) electrons. The minimum absolute atomic E-state index is 0.0829. The second-order valence-corrected chi connectivity index (χ2v) is 5.89. The summed E-state index contributed by atoms with van der Waals surface area (Å²) in [4.78, 5) is 14.2. The summed E-state index contributed by atoms with van der Waals surface area (Å²) in [7, 11) is 0. The van der Waals surface area contributed by atoms with Gasteiger partial charge < -0.3 is 16.0 Å². The Morgan fingerprint density at radius 3 is 2.75 bits per heavy atom. The first-order valence-electron chi connectivity index (χ1n) is 7.39. The van der Waals surface area contributed by atoms with Gasteiger partial charge in [0.15, 0.2) is 0 Å². The molecular weight excluding hydrogens is 250 g/mol. The van der Waals surface area contributed by atoms with Gasteiger partial charge in [-0.25, -0.2) is 0 Å². The Labute approximate surface area is 121 Å². The highest BCUT2D eigenvalue weighted by molar-refractivity contribution is 5.82. The molecule has 0 aromatic heterocycles. The summed E-state index contributed by atoms with van der Waals surface area (Å²) in [6.45, 7) is 6.32. The molecule has 1 heterocycles. The van der Waals surface area contributed by atoms with Crippen molar-refractivity contribution in [2.45, 2.75) is 32.4 Å². The van der Waals surface area contributed by atoms with Crippen molar-refractivity contribution >= 4 is 5.91 Å². The Balaban J connectivity index is 1.93. The Morgan fingerprint density at radius 2 is 2.10 bits per heavy atom. The average molecular weight is 275 g/mol. The first kappa shape index (κ1) is 15.0. The van der Waals surface area contributed by atoms with Crippen LogP contribution in [-0.4, -0.2) is 42.5 Å². The fourth-order valence-corrected chi connectivity index (χ4v) is 2.56. The zero-order valence-electron chi connectivity index (χ0n) is 12.4. The largest absolute Gasteiger partial charge is 0.338 e. The minimum Gasteiger partial charge on any atom is -0.338 e. The maximum Gasteiger partial charge on any atom is 0.239 e. The number of benzene rings is 1. The van der Waals surface area contributed by atoms with Crippen LogP contribution in [0.1, 0.15) is 19.4 Å². The number of piperazine rings is 1. The normalized spacial score (nSPS) is 21.0. The van der Waals surface area contributed by atoms with Crippen LogP contribution in [0.15, 0.2) is 30.3 Å². The molecule has 2 atom stereocenters. The standard InChI is InChI=1S/C16H25N3O/c1-12(2)15(17)16(20)19-9-8-18-14(11-19)10-13-6-4-3-5-7-13/h3-7,12,14-15,18H,8-11,17H2,1-2H3. The Bertz CT molecular complexity index is 433. The number of hydrogen-bond acceptors (Lipinski definition) is 3. The summed E-state index contributed by atoms with van der Waals surface area (Å²) in [5, 5.41) is 3.49. The molecule has 110 valence electrons. The maximum absolute atomic E-state index is 12.3. The summed E-state index contributed by atoms with van der Waals surface area (Å²) in [5.41, 5.74) is 7.28. The van der Waals surface area contributed by atoms with Crippen molar-refractivity contribution in [1.29, 1.82) is 0 Å². The molecule has 0 spiro atoms. The van der Waals surface area contributed by atoms with Crippen molar-refractivity contribution in [3.63, 3.8) is 0 Å². The number of carbonyl (C=O) groups excluding carboxylic acids is 1. The molecule has 1 amide bonds. The van der Waals surface area contributed by atoms with Crippen LogP contribution in [-0.2, 0) is 11.2 Å². The van der Waals surface area contributed by atoms with Gasteiger partial charge in [0.05, 0.1) is 6.04 Å². The topological polar surface area (TPSA) is 58.4 Å². The van der Waals surface area contributed by atoms with Crippen molar-refractivity contribution in [3.8, 4) is 0 Å². The number of nitrogens with two attached hydrogens (primary N) is 1. The van der Waals surface area contributed by atoms with Crippen LogP contribution in [0.25, 0.3) is 0 Å². The zero-order chi connectivity index (χ0) is 14.5. The summed E-state index contributed by atoms with van der Waals surface area (Å²) < 4.78 is 0. The molecule has 2 unspecified atom stereocenters. The van der Waals surface area contributed by atoms with Crippen molar-refractivity contribution in [1.82, 2.24) is 10.2 Å². The molecule has 1 fully saturated rings. The molecule has 3 N–H and O–H groups in total. The van der Waals surface area contributed by atoms with E-state index in [1.807, 2.05) is 24.8 Å². The number of nitrogens with one attached hydrogen (secondary N) is 1. The van der Waals surface area contributed by atoms with E-state index < -0.39 is 0 Å². The predicted octanol–water partition coefficient (Wildman–Crippen LogP) is 1.01. The molecule has 20 heavy (non-hydrogen) atoms. The molecular formula is C16H25N3O. The summed E-state index contributed by atoms with van der Waals surface area (Å²) >= 11 is 0. The smallest absolute Gasteiger partial charge is 0.239 e. The van der Waals surface area contributed by atoms with E-state index in [2.05, 4.69) is 29.6 Å². The Morgan fingerprint density at radius 1 is 1.40 bits per heavy atom. The molecule has 4 heteroatoms. The first-order valence-corrected chi connectivity index (χ1v) is 7.39. The van der Waals surface area contributed by atoms with Gasteiger partial charge in [-0.05, 0) is 17.9 Å². The third kappa shape index (κ3) is 3.81. The van der Waals surface area contributed by atoms with Crippen LogP contribution < -0.4 is 11.1 Å². The van der Waals surface area contributed by atoms with Crippen LogP contribution in [0.4, 0.5) is 0 Å². The predicted molar refractivity (Wildman–Crippen MR) is 81.3 cm³/mol. The molecule has 1 aromatic rings. The SMILES string of the molecule is CC(C)C(N)C(=O)N1CCNC(Cc2ccccc2)C1. The molecule has 1 aromatic carbocycles. The van der Waals surface area contributed by atoms with Crippen molar-refractivity contribution in [2.24, 2.45) is 11.7 Å². The number of carbonyl (C=O) groups is 1. The quantitative estimate of drug-likeness (QED) is 0.862. The highest BCUT2D eigenvalue weighted by Gasteiger charge is 2.28. The van der Waals surface area contributed by atoms with E-state index in [4.69, 9.17) is 5.73 Å². The van der Waals surface area contributed by atoms with Gasteiger partial charge in [-0.15, -0.1) is 0 Å². The second kappa shape index (κ2) is 6.86. The van der Waals surface area contributed by atoms with Gasteiger partial charge in [0.25, 0.3) is 0 Å². The van der Waals surface area contributed by atoms with E-state index in [1.54, 1.807) is 0 Å². The molecule has 4 nitrogen and oxygen atoms in total. The fourth-order valence-electron chi connectivity index (χ4n) is 2.56. The molecule has 1 aliphatic rings. The van der Waals surface area contributed by atoms with E-state index in [1.165, 1.54) is 5.56 Å². The van der Waals surface area contributed by atoms with E-state index >= 15 is 0 Å². The van der Waals surface area contributed by atoms with E-state index in [0.717, 1.165) is 26.1 Å². The van der Waals surface area contributed by atoms with Crippen LogP contribution in [0.3, 0.4) is 0 Å². The van der Waals surface area contributed by atoms with Gasteiger partial charge in [-0.2, -0.15) is 0 Å². The minimum atomic E-state index is -0.384. The van der Waals surface area contributed by atoms with Gasteiger partial charge >= 0.3 is 0 Å². The van der Waals surface area contributed by atoms with Crippen molar-refractivity contribution in [3.05, 3.63) is 35.9 Å². The van der Waals surface area contributed by atoms with Gasteiger partial charge in [0.1, 0.15) is 0 Å². The lowest BCUT2D eigenvalue weighted by molar-refractivity contribution is -0.134. The Kier molecular flexibility index (Phi) is 5.15. The molecule has 0 bridgehead atoms.